The van der Waals surface area contributed by atoms with E-state index in [2.05, 4.69) is 16.0 Å². The Hall–Kier alpha value is -3.22. The Morgan fingerprint density at radius 2 is 1.43 bits per heavy atom. The zero-order valence-electron chi connectivity index (χ0n) is 17.0. The Labute approximate surface area is 173 Å². The highest BCUT2D eigenvalue weighted by Gasteiger charge is 2.29. The molecule has 30 heavy (non-hydrogen) atoms. The summed E-state index contributed by atoms with van der Waals surface area (Å²) < 4.78 is 0. The molecule has 0 aliphatic heterocycles. The van der Waals surface area contributed by atoms with Crippen LogP contribution in [0, 0.1) is 5.92 Å². The van der Waals surface area contributed by atoms with E-state index in [-0.39, 0.29) is 25.2 Å². The van der Waals surface area contributed by atoms with Gasteiger partial charge in [0.15, 0.2) is 0 Å². The third-order valence-corrected chi connectivity index (χ3v) is 3.83. The summed E-state index contributed by atoms with van der Waals surface area (Å²) in [7, 11) is 0. The second kappa shape index (κ2) is 13.1. The molecule has 10 N–H and O–H groups in total. The molecule has 0 bridgehead atoms. The Morgan fingerprint density at radius 3 is 1.90 bits per heavy atom. The summed E-state index contributed by atoms with van der Waals surface area (Å²) >= 11 is 0. The fraction of sp³-hybridized carbons (Fsp3) is 0.647. The number of carboxylic acids is 1. The smallest absolute Gasteiger partial charge is 0.322 e. The zero-order chi connectivity index (χ0) is 23.4. The van der Waals surface area contributed by atoms with Crippen molar-refractivity contribution in [2.75, 3.05) is 6.54 Å². The van der Waals surface area contributed by atoms with Crippen LogP contribution in [0.4, 0.5) is 0 Å². The molecule has 13 heteroatoms. The molecular formula is C17H30N6O7. The lowest BCUT2D eigenvalue weighted by atomic mass is 10.0. The van der Waals surface area contributed by atoms with Gasteiger partial charge >= 0.3 is 5.97 Å². The van der Waals surface area contributed by atoms with Crippen molar-refractivity contribution in [2.45, 2.75) is 57.7 Å². The third kappa shape index (κ3) is 11.6. The van der Waals surface area contributed by atoms with E-state index in [0.29, 0.717) is 0 Å². The highest BCUT2D eigenvalue weighted by molar-refractivity contribution is 5.96. The first kappa shape index (κ1) is 26.8. The number of aliphatic carboxylic acids is 1. The third-order valence-electron chi connectivity index (χ3n) is 3.83. The van der Waals surface area contributed by atoms with Crippen molar-refractivity contribution in [1.29, 1.82) is 0 Å². The maximum Gasteiger partial charge on any atom is 0.322 e. The molecule has 3 atom stereocenters. The first-order chi connectivity index (χ1) is 13.8. The zero-order valence-corrected chi connectivity index (χ0v) is 17.0. The van der Waals surface area contributed by atoms with E-state index in [1.807, 2.05) is 0 Å². The van der Waals surface area contributed by atoms with E-state index >= 15 is 0 Å². The molecule has 0 aliphatic rings. The van der Waals surface area contributed by atoms with Gasteiger partial charge in [-0.25, -0.2) is 0 Å². The van der Waals surface area contributed by atoms with Gasteiger partial charge in [0.25, 0.3) is 0 Å². The first-order valence-corrected chi connectivity index (χ1v) is 9.25. The minimum Gasteiger partial charge on any atom is -0.480 e. The van der Waals surface area contributed by atoms with Crippen molar-refractivity contribution in [3.63, 3.8) is 0 Å². The summed E-state index contributed by atoms with van der Waals surface area (Å²) in [5.41, 5.74) is 15.8. The molecule has 0 saturated heterocycles. The molecule has 170 valence electrons. The van der Waals surface area contributed by atoms with Crippen LogP contribution < -0.4 is 33.2 Å². The monoisotopic (exact) mass is 430 g/mol. The van der Waals surface area contributed by atoms with E-state index < -0.39 is 66.6 Å². The molecule has 13 nitrogen and oxygen atoms in total. The maximum atomic E-state index is 12.6. The van der Waals surface area contributed by atoms with Gasteiger partial charge in [-0.3, -0.25) is 28.8 Å². The lowest BCUT2D eigenvalue weighted by Crippen LogP contribution is -2.57. The minimum absolute atomic E-state index is 0.0442. The molecule has 0 rings (SSSR count). The average molecular weight is 430 g/mol. The summed E-state index contributed by atoms with van der Waals surface area (Å²) in [6.45, 7) is 2.92. The predicted molar refractivity (Wildman–Crippen MR) is 104 cm³/mol. The van der Waals surface area contributed by atoms with Crippen molar-refractivity contribution in [3.05, 3.63) is 0 Å². The molecule has 5 amide bonds. The van der Waals surface area contributed by atoms with Crippen LogP contribution in [0.2, 0.25) is 0 Å². The summed E-state index contributed by atoms with van der Waals surface area (Å²) in [4.78, 5) is 69.7. The van der Waals surface area contributed by atoms with E-state index in [1.54, 1.807) is 13.8 Å². The highest BCUT2D eigenvalue weighted by Crippen LogP contribution is 2.06. The SMILES string of the molecule is CC(C)CC(NC(=O)C(CC(N)=O)NC(=O)C(N)CCC(N)=O)C(=O)NCC(=O)O. The Balaban J connectivity index is 5.24. The Kier molecular flexibility index (Phi) is 11.7. The van der Waals surface area contributed by atoms with Crippen molar-refractivity contribution in [3.8, 4) is 0 Å². The number of hydrogen-bond donors (Lipinski definition) is 7. The molecular weight excluding hydrogens is 400 g/mol. The highest BCUT2D eigenvalue weighted by atomic mass is 16.4. The summed E-state index contributed by atoms with van der Waals surface area (Å²) in [6.07, 6.45) is -0.612. The largest absolute Gasteiger partial charge is 0.480 e. The lowest BCUT2D eigenvalue weighted by Gasteiger charge is -2.24. The molecule has 0 spiro atoms. The maximum absolute atomic E-state index is 12.6. The van der Waals surface area contributed by atoms with Crippen molar-refractivity contribution in [1.82, 2.24) is 16.0 Å². The summed E-state index contributed by atoms with van der Waals surface area (Å²) in [5.74, 6) is -5.28. The van der Waals surface area contributed by atoms with Gasteiger partial charge in [-0.05, 0) is 18.8 Å². The molecule has 0 fully saturated rings. The lowest BCUT2D eigenvalue weighted by molar-refractivity contribution is -0.139. The minimum atomic E-state index is -1.42. The second-order valence-electron chi connectivity index (χ2n) is 7.15. The van der Waals surface area contributed by atoms with Crippen LogP contribution in [0.5, 0.6) is 0 Å². The van der Waals surface area contributed by atoms with Crippen LogP contribution in [0.1, 0.15) is 39.5 Å². The number of carbonyl (C=O) groups excluding carboxylic acids is 5. The number of carbonyl (C=O) groups is 6. The number of nitrogens with one attached hydrogen (secondary N) is 3. The normalized spacial score (nSPS) is 13.6. The van der Waals surface area contributed by atoms with Crippen LogP contribution in [0.3, 0.4) is 0 Å². The van der Waals surface area contributed by atoms with Crippen molar-refractivity contribution >= 4 is 35.5 Å². The van der Waals surface area contributed by atoms with Gasteiger partial charge in [-0.2, -0.15) is 0 Å². The van der Waals surface area contributed by atoms with Gasteiger partial charge in [0, 0.05) is 6.42 Å². The van der Waals surface area contributed by atoms with E-state index in [9.17, 15) is 28.8 Å². The standard InChI is InChI=1S/C17H30N6O7/c1-8(2)5-10(16(29)21-7-14(26)27)23-17(30)11(6-13(20)25)22-15(28)9(18)3-4-12(19)24/h8-11H,3-7,18H2,1-2H3,(H2,19,24)(H2,20,25)(H,21,29)(H,22,28)(H,23,30)(H,26,27). The Bertz CT molecular complexity index is 667. The quantitative estimate of drug-likeness (QED) is 0.147. The second-order valence-corrected chi connectivity index (χ2v) is 7.15. The van der Waals surface area contributed by atoms with Crippen LogP contribution in [0.15, 0.2) is 0 Å². The van der Waals surface area contributed by atoms with Gasteiger partial charge in [0.2, 0.25) is 29.5 Å². The van der Waals surface area contributed by atoms with Gasteiger partial charge in [0.1, 0.15) is 18.6 Å². The number of primary amides is 2. The Morgan fingerprint density at radius 1 is 0.867 bits per heavy atom. The topological polar surface area (TPSA) is 237 Å². The molecule has 0 aromatic carbocycles. The predicted octanol–water partition coefficient (Wildman–Crippen LogP) is -3.33. The number of nitrogens with two attached hydrogens (primary N) is 3. The van der Waals surface area contributed by atoms with Gasteiger partial charge in [0.05, 0.1) is 12.5 Å². The molecule has 3 unspecified atom stereocenters. The van der Waals surface area contributed by atoms with E-state index in [4.69, 9.17) is 22.3 Å². The number of amides is 5. The molecule has 0 aromatic heterocycles. The molecule has 0 aliphatic carbocycles. The first-order valence-electron chi connectivity index (χ1n) is 9.25. The summed E-state index contributed by atoms with van der Waals surface area (Å²) in [6, 6.07) is -3.68. The molecule has 0 radical (unpaired) electrons. The number of hydrogen-bond acceptors (Lipinski definition) is 7. The fourth-order valence-corrected chi connectivity index (χ4v) is 2.38. The van der Waals surface area contributed by atoms with Crippen LogP contribution >= 0.6 is 0 Å². The van der Waals surface area contributed by atoms with Crippen molar-refractivity contribution in [2.24, 2.45) is 23.1 Å². The van der Waals surface area contributed by atoms with E-state index in [1.165, 1.54) is 0 Å². The van der Waals surface area contributed by atoms with Crippen molar-refractivity contribution < 1.29 is 33.9 Å². The molecule has 0 heterocycles. The van der Waals surface area contributed by atoms with Crippen LogP contribution in [0.25, 0.3) is 0 Å². The molecule has 0 saturated carbocycles. The fourth-order valence-electron chi connectivity index (χ4n) is 2.38. The molecule has 0 aromatic rings. The van der Waals surface area contributed by atoms with Gasteiger partial charge in [-0.15, -0.1) is 0 Å². The number of rotatable bonds is 14. The number of carboxylic acid groups (broad SMARTS) is 1. The van der Waals surface area contributed by atoms with Gasteiger partial charge in [-0.1, -0.05) is 13.8 Å². The van der Waals surface area contributed by atoms with Gasteiger partial charge < -0.3 is 38.3 Å². The van der Waals surface area contributed by atoms with E-state index in [0.717, 1.165) is 0 Å². The van der Waals surface area contributed by atoms with Crippen LogP contribution in [-0.2, 0) is 28.8 Å². The van der Waals surface area contributed by atoms with Crippen LogP contribution in [-0.4, -0.2) is 65.3 Å². The average Bonchev–Trinajstić information content (AvgIpc) is 2.61. The summed E-state index contributed by atoms with van der Waals surface area (Å²) in [5, 5.41) is 15.5.